The molecule has 1 amide bonds. The Hall–Kier alpha value is -1.63. The van der Waals surface area contributed by atoms with E-state index in [1.54, 1.807) is 29.2 Å². The molecule has 0 saturated carbocycles. The Labute approximate surface area is 148 Å². The van der Waals surface area contributed by atoms with Crippen LogP contribution in [0.25, 0.3) is 5.69 Å². The number of nitrogens with zero attached hydrogens (tertiary/aromatic N) is 3. The first-order valence-corrected chi connectivity index (χ1v) is 6.95. The number of carbonyl (C=O) groups excluding carboxylic acids is 1. The summed E-state index contributed by atoms with van der Waals surface area (Å²) in [5.41, 5.74) is 6.48. The second kappa shape index (κ2) is 8.86. The minimum Gasteiger partial charge on any atom is -0.344 e. The number of rotatable bonds is 5. The molecule has 2 heterocycles. The second-order valence-electron chi connectivity index (χ2n) is 5.58. The van der Waals surface area contributed by atoms with E-state index in [0.717, 1.165) is 5.69 Å². The highest BCUT2D eigenvalue weighted by molar-refractivity contribution is 5.93. The highest BCUT2D eigenvalue weighted by atomic mass is 35.5. The minimum atomic E-state index is -0.458. The van der Waals surface area contributed by atoms with Gasteiger partial charge in [-0.2, -0.15) is 5.10 Å². The number of nitrogens with two attached hydrogens (primary N) is 1. The third kappa shape index (κ3) is 4.92. The zero-order chi connectivity index (χ0) is 15.5. The molecule has 3 N–H and O–H groups in total. The molecule has 0 spiro atoms. The van der Waals surface area contributed by atoms with Crippen molar-refractivity contribution in [3.8, 4) is 5.69 Å². The van der Waals surface area contributed by atoms with Crippen molar-refractivity contribution in [2.24, 2.45) is 11.7 Å². The third-order valence-corrected chi connectivity index (χ3v) is 3.84. The highest BCUT2D eigenvalue weighted by Gasteiger charge is 2.29. The van der Waals surface area contributed by atoms with Crippen molar-refractivity contribution < 1.29 is 4.79 Å². The highest BCUT2D eigenvalue weighted by Crippen LogP contribution is 2.16. The number of hydrogen-bond donors (Lipinski definition) is 2. The molecule has 2 aromatic rings. The summed E-state index contributed by atoms with van der Waals surface area (Å²) >= 11 is 0. The van der Waals surface area contributed by atoms with Crippen molar-refractivity contribution in [2.45, 2.75) is 26.3 Å². The van der Waals surface area contributed by atoms with Crippen LogP contribution in [0.4, 0.5) is 0 Å². The SMILES string of the molecule is CC(C)C(C)(CN)NC(=O)c1cc(-n2cccn2)ccn1.Cl.Cl. The summed E-state index contributed by atoms with van der Waals surface area (Å²) in [4.78, 5) is 16.5. The maximum absolute atomic E-state index is 12.4. The van der Waals surface area contributed by atoms with Crippen LogP contribution in [0.15, 0.2) is 36.8 Å². The first kappa shape index (κ1) is 21.4. The van der Waals surface area contributed by atoms with Gasteiger partial charge in [0, 0.05) is 25.1 Å². The van der Waals surface area contributed by atoms with Gasteiger partial charge < -0.3 is 11.1 Å². The quantitative estimate of drug-likeness (QED) is 0.856. The van der Waals surface area contributed by atoms with Crippen molar-refractivity contribution in [2.75, 3.05) is 6.54 Å². The van der Waals surface area contributed by atoms with Crippen LogP contribution in [-0.4, -0.2) is 32.8 Å². The van der Waals surface area contributed by atoms with Gasteiger partial charge in [0.25, 0.3) is 5.91 Å². The minimum absolute atomic E-state index is 0. The summed E-state index contributed by atoms with van der Waals surface area (Å²) in [7, 11) is 0. The van der Waals surface area contributed by atoms with E-state index in [4.69, 9.17) is 5.73 Å². The molecule has 0 aliphatic carbocycles. The molecule has 0 radical (unpaired) electrons. The lowest BCUT2D eigenvalue weighted by Gasteiger charge is -2.33. The van der Waals surface area contributed by atoms with Crippen LogP contribution in [0.5, 0.6) is 0 Å². The Kier molecular flexibility index (Phi) is 8.23. The number of pyridine rings is 1. The first-order chi connectivity index (χ1) is 9.96. The molecule has 0 aliphatic rings. The topological polar surface area (TPSA) is 85.8 Å². The average Bonchev–Trinajstić information content (AvgIpc) is 3.01. The average molecular weight is 360 g/mol. The van der Waals surface area contributed by atoms with Crippen molar-refractivity contribution in [1.29, 1.82) is 0 Å². The van der Waals surface area contributed by atoms with E-state index >= 15 is 0 Å². The zero-order valence-electron chi connectivity index (χ0n) is 13.4. The zero-order valence-corrected chi connectivity index (χ0v) is 15.0. The van der Waals surface area contributed by atoms with Crippen LogP contribution >= 0.6 is 24.8 Å². The summed E-state index contributed by atoms with van der Waals surface area (Å²) in [6, 6.07) is 5.33. The van der Waals surface area contributed by atoms with Crippen LogP contribution in [0, 0.1) is 5.92 Å². The maximum atomic E-state index is 12.4. The molecular formula is C15H23Cl2N5O. The number of carbonyl (C=O) groups is 1. The van der Waals surface area contributed by atoms with Gasteiger partial charge in [0.2, 0.25) is 0 Å². The molecule has 6 nitrogen and oxygen atoms in total. The molecule has 0 bridgehead atoms. The number of halogens is 2. The monoisotopic (exact) mass is 359 g/mol. The number of aromatic nitrogens is 3. The van der Waals surface area contributed by atoms with Gasteiger partial charge >= 0.3 is 0 Å². The smallest absolute Gasteiger partial charge is 0.270 e. The molecule has 2 aromatic heterocycles. The molecular weight excluding hydrogens is 337 g/mol. The van der Waals surface area contributed by atoms with Gasteiger partial charge in [-0.05, 0) is 31.0 Å². The molecule has 1 atom stereocenters. The molecule has 128 valence electrons. The van der Waals surface area contributed by atoms with Crippen LogP contribution in [-0.2, 0) is 0 Å². The fraction of sp³-hybridized carbons (Fsp3) is 0.400. The molecule has 8 heteroatoms. The fourth-order valence-electron chi connectivity index (χ4n) is 1.86. The van der Waals surface area contributed by atoms with Gasteiger partial charge in [0.1, 0.15) is 5.69 Å². The molecule has 23 heavy (non-hydrogen) atoms. The van der Waals surface area contributed by atoms with Crippen LogP contribution in [0.3, 0.4) is 0 Å². The second-order valence-corrected chi connectivity index (χ2v) is 5.58. The third-order valence-electron chi connectivity index (χ3n) is 3.84. The van der Waals surface area contributed by atoms with Gasteiger partial charge in [0.15, 0.2) is 0 Å². The van der Waals surface area contributed by atoms with Crippen LogP contribution in [0.2, 0.25) is 0 Å². The molecule has 1 unspecified atom stereocenters. The molecule has 0 fully saturated rings. The molecule has 0 aromatic carbocycles. The predicted molar refractivity (Wildman–Crippen MR) is 95.6 cm³/mol. The Morgan fingerprint density at radius 3 is 2.61 bits per heavy atom. The van der Waals surface area contributed by atoms with Crippen molar-refractivity contribution in [3.05, 3.63) is 42.5 Å². The Morgan fingerprint density at radius 2 is 2.09 bits per heavy atom. The summed E-state index contributed by atoms with van der Waals surface area (Å²) in [6.07, 6.45) is 5.10. The summed E-state index contributed by atoms with van der Waals surface area (Å²) in [5, 5.41) is 7.12. The maximum Gasteiger partial charge on any atom is 0.270 e. The van der Waals surface area contributed by atoms with E-state index < -0.39 is 5.54 Å². The van der Waals surface area contributed by atoms with Gasteiger partial charge in [0.05, 0.1) is 11.2 Å². The van der Waals surface area contributed by atoms with Crippen molar-refractivity contribution in [1.82, 2.24) is 20.1 Å². The van der Waals surface area contributed by atoms with Gasteiger partial charge in [-0.3, -0.25) is 9.78 Å². The van der Waals surface area contributed by atoms with E-state index in [9.17, 15) is 4.79 Å². The normalized spacial score (nSPS) is 12.7. The Bertz CT molecular complexity index is 618. The Morgan fingerprint density at radius 1 is 1.39 bits per heavy atom. The van der Waals surface area contributed by atoms with E-state index in [0.29, 0.717) is 12.2 Å². The lowest BCUT2D eigenvalue weighted by Crippen LogP contribution is -2.55. The molecule has 0 saturated heterocycles. The van der Waals surface area contributed by atoms with Crippen molar-refractivity contribution in [3.63, 3.8) is 0 Å². The molecule has 0 aliphatic heterocycles. The summed E-state index contributed by atoms with van der Waals surface area (Å²) < 4.78 is 1.68. The van der Waals surface area contributed by atoms with E-state index in [1.807, 2.05) is 33.0 Å². The van der Waals surface area contributed by atoms with E-state index in [-0.39, 0.29) is 36.6 Å². The largest absolute Gasteiger partial charge is 0.344 e. The fourth-order valence-corrected chi connectivity index (χ4v) is 1.86. The van der Waals surface area contributed by atoms with Gasteiger partial charge in [-0.15, -0.1) is 24.8 Å². The lowest BCUT2D eigenvalue weighted by molar-refractivity contribution is 0.0878. The predicted octanol–water partition coefficient (Wildman–Crippen LogP) is 2.21. The Balaban J connectivity index is 0.00000242. The molecule has 2 rings (SSSR count). The summed E-state index contributed by atoms with van der Waals surface area (Å²) in [6.45, 7) is 6.36. The van der Waals surface area contributed by atoms with Gasteiger partial charge in [-0.25, -0.2) is 4.68 Å². The number of hydrogen-bond acceptors (Lipinski definition) is 4. The van der Waals surface area contributed by atoms with Gasteiger partial charge in [-0.1, -0.05) is 13.8 Å². The first-order valence-electron chi connectivity index (χ1n) is 6.95. The van der Waals surface area contributed by atoms with Crippen LogP contribution < -0.4 is 11.1 Å². The lowest BCUT2D eigenvalue weighted by atomic mass is 9.88. The van der Waals surface area contributed by atoms with Crippen molar-refractivity contribution >= 4 is 30.7 Å². The number of nitrogens with one attached hydrogen (secondary N) is 1. The summed E-state index contributed by atoms with van der Waals surface area (Å²) in [5.74, 6) is -0.00796. The number of amides is 1. The van der Waals surface area contributed by atoms with E-state index in [1.165, 1.54) is 0 Å². The van der Waals surface area contributed by atoms with E-state index in [2.05, 4.69) is 15.4 Å². The standard InChI is InChI=1S/C15H21N5O.2ClH/c1-11(2)15(3,10-16)19-14(21)13-9-12(5-7-17-13)20-8-4-6-18-20;;/h4-9,11H,10,16H2,1-3H3,(H,19,21);2*1H. The van der Waals surface area contributed by atoms with Crippen LogP contribution in [0.1, 0.15) is 31.3 Å².